The first kappa shape index (κ1) is 23.1. The number of ether oxygens (including phenoxy) is 2. The second-order valence-electron chi connectivity index (χ2n) is 11.2. The molecule has 5 aliphatic rings. The molecule has 0 spiro atoms. The van der Waals surface area contributed by atoms with Gasteiger partial charge in [0.15, 0.2) is 0 Å². The molecule has 5 fully saturated rings. The number of aliphatic hydroxyl groups excluding tert-OH is 1. The van der Waals surface area contributed by atoms with Gasteiger partial charge in [0.05, 0.1) is 18.1 Å². The van der Waals surface area contributed by atoms with E-state index in [1.165, 1.54) is 4.90 Å². The number of carbonyl (C=O) groups excluding carboxylic acids is 3. The zero-order valence-corrected chi connectivity index (χ0v) is 19.4. The molecule has 9 nitrogen and oxygen atoms in total. The molecule has 0 aromatic carbocycles. The fourth-order valence-electron chi connectivity index (χ4n) is 6.68. The van der Waals surface area contributed by atoms with Crippen LogP contribution >= 0.6 is 0 Å². The van der Waals surface area contributed by atoms with E-state index in [1.54, 1.807) is 25.7 Å². The van der Waals surface area contributed by atoms with Crippen LogP contribution in [0.5, 0.6) is 0 Å². The van der Waals surface area contributed by atoms with E-state index < -0.39 is 17.1 Å². The Bertz CT molecular complexity index is 749. The van der Waals surface area contributed by atoms with Crippen molar-refractivity contribution in [3.63, 3.8) is 0 Å². The van der Waals surface area contributed by atoms with Crippen LogP contribution in [-0.2, 0) is 14.3 Å². The van der Waals surface area contributed by atoms with Crippen molar-refractivity contribution >= 4 is 18.1 Å². The van der Waals surface area contributed by atoms with Crippen LogP contribution in [0, 0.1) is 23.2 Å². The van der Waals surface area contributed by atoms with Gasteiger partial charge in [0, 0.05) is 19.6 Å². The predicted molar refractivity (Wildman–Crippen MR) is 115 cm³/mol. The van der Waals surface area contributed by atoms with Gasteiger partial charge >= 0.3 is 12.2 Å². The molecule has 180 valence electrons. The lowest BCUT2D eigenvalue weighted by Crippen LogP contribution is -2.59. The number of aliphatic hydroxyl groups is 1. The van der Waals surface area contributed by atoms with Crippen molar-refractivity contribution in [1.82, 2.24) is 9.80 Å². The van der Waals surface area contributed by atoms with Crippen molar-refractivity contribution in [2.75, 3.05) is 26.2 Å². The van der Waals surface area contributed by atoms with Crippen LogP contribution in [0.25, 0.3) is 0 Å². The first-order chi connectivity index (χ1) is 15.0. The SMILES string of the molecule is CC(C)(C)OC(=O)N(CCO)[C@@H]1CCN(C(=O)OC2C3CC4CC2CC(C(N)=O)(C4)C3)C1. The second-order valence-corrected chi connectivity index (χ2v) is 11.2. The van der Waals surface area contributed by atoms with Crippen molar-refractivity contribution in [2.45, 2.75) is 77.0 Å². The van der Waals surface area contributed by atoms with Gasteiger partial charge in [0.2, 0.25) is 5.91 Å². The maximum Gasteiger partial charge on any atom is 0.410 e. The largest absolute Gasteiger partial charge is 0.446 e. The number of hydrogen-bond acceptors (Lipinski definition) is 6. The van der Waals surface area contributed by atoms with Gasteiger partial charge in [-0.1, -0.05) is 0 Å². The molecule has 1 heterocycles. The van der Waals surface area contributed by atoms with Crippen molar-refractivity contribution in [3.8, 4) is 0 Å². The van der Waals surface area contributed by atoms with Crippen LogP contribution in [0.3, 0.4) is 0 Å². The molecule has 1 aliphatic heterocycles. The number of rotatable bonds is 5. The molecule has 3 atom stereocenters. The molecule has 3 amide bonds. The molecule has 2 unspecified atom stereocenters. The summed E-state index contributed by atoms with van der Waals surface area (Å²) in [6.07, 6.45) is 3.93. The lowest BCUT2D eigenvalue weighted by molar-refractivity contribution is -0.161. The molecule has 0 radical (unpaired) electrons. The molecule has 3 N–H and O–H groups in total. The smallest absolute Gasteiger partial charge is 0.410 e. The van der Waals surface area contributed by atoms with E-state index in [2.05, 4.69) is 0 Å². The standard InChI is InChI=1S/C23H37N3O6/c1-22(2,3)32-21(30)26(6-7-27)17-4-5-25(13-17)20(29)31-18-15-8-14-9-16(18)12-23(10-14,11-15)19(24)28/h14-18,27H,4-13H2,1-3H3,(H2,24,28)/t14?,15?,16?,17-,18?,23?/m1/s1. The molecule has 5 rings (SSSR count). The second kappa shape index (κ2) is 8.39. The molecular weight excluding hydrogens is 414 g/mol. The van der Waals surface area contributed by atoms with Gasteiger partial charge in [0.25, 0.3) is 0 Å². The highest BCUT2D eigenvalue weighted by molar-refractivity contribution is 5.81. The Morgan fingerprint density at radius 1 is 1.16 bits per heavy atom. The van der Waals surface area contributed by atoms with Gasteiger partial charge in [-0.25, -0.2) is 9.59 Å². The van der Waals surface area contributed by atoms with Gasteiger partial charge in [-0.3, -0.25) is 4.79 Å². The Balaban J connectivity index is 1.36. The summed E-state index contributed by atoms with van der Waals surface area (Å²) in [4.78, 5) is 40.9. The molecule has 4 aliphatic carbocycles. The van der Waals surface area contributed by atoms with Crippen molar-refractivity contribution in [3.05, 3.63) is 0 Å². The maximum atomic E-state index is 13.0. The van der Waals surface area contributed by atoms with Crippen LogP contribution in [-0.4, -0.2) is 77.0 Å². The number of nitrogens with two attached hydrogens (primary N) is 1. The highest BCUT2D eigenvalue weighted by atomic mass is 16.6. The number of nitrogens with zero attached hydrogens (tertiary/aromatic N) is 2. The van der Waals surface area contributed by atoms with Crippen molar-refractivity contribution in [1.29, 1.82) is 0 Å². The van der Waals surface area contributed by atoms with E-state index in [-0.39, 0.29) is 49.1 Å². The van der Waals surface area contributed by atoms with E-state index in [0.29, 0.717) is 25.4 Å². The number of likely N-dealkylation sites (tertiary alicyclic amines) is 1. The highest BCUT2D eigenvalue weighted by Crippen LogP contribution is 2.60. The first-order valence-corrected chi connectivity index (χ1v) is 11.9. The third-order valence-corrected chi connectivity index (χ3v) is 7.78. The van der Waals surface area contributed by atoms with Gasteiger partial charge in [-0.15, -0.1) is 0 Å². The summed E-state index contributed by atoms with van der Waals surface area (Å²) in [6.45, 7) is 6.23. The fourth-order valence-corrected chi connectivity index (χ4v) is 6.68. The third kappa shape index (κ3) is 4.40. The Morgan fingerprint density at radius 3 is 2.38 bits per heavy atom. The van der Waals surface area contributed by atoms with Gasteiger partial charge in [0.1, 0.15) is 11.7 Å². The molecule has 1 saturated heterocycles. The quantitative estimate of drug-likeness (QED) is 0.660. The Hall–Kier alpha value is -2.03. The van der Waals surface area contributed by atoms with Gasteiger partial charge in [-0.05, 0) is 77.0 Å². The Morgan fingerprint density at radius 2 is 1.81 bits per heavy atom. The molecule has 4 saturated carbocycles. The third-order valence-electron chi connectivity index (χ3n) is 7.78. The number of amides is 3. The number of carbonyl (C=O) groups is 3. The first-order valence-electron chi connectivity index (χ1n) is 11.9. The fraction of sp³-hybridized carbons (Fsp3) is 0.870. The zero-order chi connectivity index (χ0) is 23.3. The van der Waals surface area contributed by atoms with Gasteiger partial charge < -0.3 is 30.1 Å². The van der Waals surface area contributed by atoms with E-state index in [9.17, 15) is 19.5 Å². The lowest BCUT2D eigenvalue weighted by atomic mass is 9.48. The minimum Gasteiger partial charge on any atom is -0.446 e. The molecule has 9 heteroatoms. The predicted octanol–water partition coefficient (Wildman–Crippen LogP) is 2.11. The minimum atomic E-state index is -0.635. The minimum absolute atomic E-state index is 0.159. The van der Waals surface area contributed by atoms with Crippen LogP contribution in [0.4, 0.5) is 9.59 Å². The highest BCUT2D eigenvalue weighted by Gasteiger charge is 2.59. The maximum absolute atomic E-state index is 13.0. The van der Waals surface area contributed by atoms with E-state index in [1.807, 2.05) is 0 Å². The normalized spacial score (nSPS) is 35.6. The summed E-state index contributed by atoms with van der Waals surface area (Å²) in [5.74, 6) is 0.703. The van der Waals surface area contributed by atoms with E-state index in [0.717, 1.165) is 32.1 Å². The lowest BCUT2D eigenvalue weighted by Gasteiger charge is -2.58. The van der Waals surface area contributed by atoms with E-state index >= 15 is 0 Å². The molecule has 32 heavy (non-hydrogen) atoms. The topological polar surface area (TPSA) is 122 Å². The molecule has 0 aromatic heterocycles. The van der Waals surface area contributed by atoms with Crippen LogP contribution < -0.4 is 5.73 Å². The van der Waals surface area contributed by atoms with Crippen LogP contribution in [0.15, 0.2) is 0 Å². The molecule has 4 bridgehead atoms. The summed E-state index contributed by atoms with van der Waals surface area (Å²) in [6, 6.07) is -0.221. The summed E-state index contributed by atoms with van der Waals surface area (Å²) in [5, 5.41) is 9.42. The number of primary amides is 1. The zero-order valence-electron chi connectivity index (χ0n) is 19.4. The van der Waals surface area contributed by atoms with Crippen LogP contribution in [0.2, 0.25) is 0 Å². The van der Waals surface area contributed by atoms with Crippen LogP contribution in [0.1, 0.15) is 59.3 Å². The van der Waals surface area contributed by atoms with Crippen molar-refractivity contribution in [2.24, 2.45) is 28.9 Å². The Labute approximate surface area is 189 Å². The summed E-state index contributed by atoms with van der Waals surface area (Å²) in [5.41, 5.74) is 4.71. The summed E-state index contributed by atoms with van der Waals surface area (Å²) >= 11 is 0. The molecule has 0 aromatic rings. The summed E-state index contributed by atoms with van der Waals surface area (Å²) in [7, 11) is 0. The summed E-state index contributed by atoms with van der Waals surface area (Å²) < 4.78 is 11.5. The van der Waals surface area contributed by atoms with Gasteiger partial charge in [-0.2, -0.15) is 0 Å². The molecular formula is C23H37N3O6. The average Bonchev–Trinajstić information content (AvgIpc) is 3.16. The average molecular weight is 452 g/mol. The van der Waals surface area contributed by atoms with E-state index in [4.69, 9.17) is 15.2 Å². The van der Waals surface area contributed by atoms with Crippen molar-refractivity contribution < 1.29 is 29.0 Å². The number of hydrogen-bond donors (Lipinski definition) is 2. The Kier molecular flexibility index (Phi) is 6.07. The monoisotopic (exact) mass is 451 g/mol.